The van der Waals surface area contributed by atoms with E-state index in [1.807, 2.05) is 18.2 Å². The van der Waals surface area contributed by atoms with Crippen LogP contribution in [-0.2, 0) is 9.53 Å². The van der Waals surface area contributed by atoms with Crippen molar-refractivity contribution in [2.75, 3.05) is 11.9 Å². The molecular formula is C26H28N2O3S. The first-order chi connectivity index (χ1) is 15.6. The minimum Gasteiger partial charge on any atom is -0.461 e. The fourth-order valence-electron chi connectivity index (χ4n) is 4.33. The van der Waals surface area contributed by atoms with Crippen LogP contribution in [0.5, 0.6) is 0 Å². The summed E-state index contributed by atoms with van der Waals surface area (Å²) in [6, 6.07) is 18.5. The lowest BCUT2D eigenvalue weighted by atomic mass is 9.86. The average molecular weight is 449 g/mol. The molecule has 0 spiro atoms. The number of carbonyl (C=O) groups excluding carboxylic acids is 2. The summed E-state index contributed by atoms with van der Waals surface area (Å²) < 4.78 is 4.99. The zero-order valence-electron chi connectivity index (χ0n) is 18.3. The highest BCUT2D eigenvalue weighted by molar-refractivity contribution is 7.14. The van der Waals surface area contributed by atoms with Crippen LogP contribution in [0.2, 0.25) is 0 Å². The Morgan fingerprint density at radius 2 is 1.75 bits per heavy atom. The highest BCUT2D eigenvalue weighted by atomic mass is 32.1. The van der Waals surface area contributed by atoms with Crippen LogP contribution < -0.4 is 5.32 Å². The minimum absolute atomic E-state index is 0.0749. The molecule has 0 bridgehead atoms. The van der Waals surface area contributed by atoms with E-state index in [1.54, 1.807) is 12.3 Å². The molecule has 1 aliphatic rings. The third kappa shape index (κ3) is 5.43. The molecule has 166 valence electrons. The van der Waals surface area contributed by atoms with Crippen molar-refractivity contribution in [3.05, 3.63) is 71.2 Å². The Hall–Kier alpha value is -2.99. The predicted molar refractivity (Wildman–Crippen MR) is 128 cm³/mol. The molecule has 0 aliphatic heterocycles. The van der Waals surface area contributed by atoms with Gasteiger partial charge in [-0.05, 0) is 36.0 Å². The second-order valence-corrected chi connectivity index (χ2v) is 9.03. The molecule has 1 aliphatic carbocycles. The van der Waals surface area contributed by atoms with E-state index in [4.69, 9.17) is 4.74 Å². The molecule has 1 saturated carbocycles. The van der Waals surface area contributed by atoms with Crippen LogP contribution in [0.3, 0.4) is 0 Å². The molecule has 0 saturated heterocycles. The largest absolute Gasteiger partial charge is 0.461 e. The molecule has 1 atom stereocenters. The Balaban J connectivity index is 1.52. The van der Waals surface area contributed by atoms with Crippen LogP contribution in [0.1, 0.15) is 61.0 Å². The van der Waals surface area contributed by atoms with E-state index in [9.17, 15) is 9.59 Å². The van der Waals surface area contributed by atoms with Crippen molar-refractivity contribution in [3.8, 4) is 11.1 Å². The highest BCUT2D eigenvalue weighted by Gasteiger charge is 2.27. The van der Waals surface area contributed by atoms with Crippen LogP contribution in [-0.4, -0.2) is 23.5 Å². The van der Waals surface area contributed by atoms with E-state index in [0.29, 0.717) is 17.7 Å². The van der Waals surface area contributed by atoms with Gasteiger partial charge in [-0.25, -0.2) is 9.78 Å². The number of amides is 1. The predicted octanol–water partition coefficient (Wildman–Crippen LogP) is 6.29. The molecule has 1 N–H and O–H groups in total. The third-order valence-electron chi connectivity index (χ3n) is 6.00. The van der Waals surface area contributed by atoms with Crippen molar-refractivity contribution >= 4 is 28.3 Å². The minimum atomic E-state index is -0.469. The molecule has 4 rings (SSSR count). The Labute approximate surface area is 192 Å². The molecule has 5 nitrogen and oxygen atoms in total. The number of thiazole rings is 1. The van der Waals surface area contributed by atoms with Crippen molar-refractivity contribution in [2.45, 2.75) is 44.9 Å². The van der Waals surface area contributed by atoms with Crippen molar-refractivity contribution in [1.82, 2.24) is 4.98 Å². The van der Waals surface area contributed by atoms with E-state index in [1.165, 1.54) is 37.0 Å². The Morgan fingerprint density at radius 1 is 1.06 bits per heavy atom. The number of hydrogen-bond donors (Lipinski definition) is 1. The van der Waals surface area contributed by atoms with E-state index in [0.717, 1.165) is 23.1 Å². The molecule has 0 radical (unpaired) electrons. The fourth-order valence-corrected chi connectivity index (χ4v) is 5.02. The summed E-state index contributed by atoms with van der Waals surface area (Å²) in [5.41, 5.74) is 3.53. The van der Waals surface area contributed by atoms with Gasteiger partial charge in [0.25, 0.3) is 0 Å². The quantitative estimate of drug-likeness (QED) is 0.411. The van der Waals surface area contributed by atoms with E-state index < -0.39 is 5.97 Å². The Bertz CT molecular complexity index is 1040. The number of aromatic nitrogens is 1. The molecule has 32 heavy (non-hydrogen) atoms. The van der Waals surface area contributed by atoms with Gasteiger partial charge in [-0.15, -0.1) is 11.3 Å². The van der Waals surface area contributed by atoms with Crippen LogP contribution in [0.25, 0.3) is 11.1 Å². The van der Waals surface area contributed by atoms with Gasteiger partial charge in [0, 0.05) is 5.38 Å². The SMILES string of the molecule is CCOC(=O)c1csc(NC(=O)C(CC2CCCC2)c2ccc(-c3ccccc3)cc2)n1. The van der Waals surface area contributed by atoms with Gasteiger partial charge in [0.05, 0.1) is 12.5 Å². The standard InChI is InChI=1S/C26H28N2O3S/c1-2-31-25(30)23-17-32-26(27-23)28-24(29)22(16-18-8-6-7-9-18)21-14-12-20(13-15-21)19-10-4-3-5-11-19/h3-5,10-15,17-18,22H,2,6-9,16H2,1H3,(H,27,28,29). The molecule has 2 aromatic carbocycles. The van der Waals surface area contributed by atoms with Gasteiger partial charge in [0.1, 0.15) is 0 Å². The number of nitrogens with zero attached hydrogens (tertiary/aromatic N) is 1. The molecule has 1 aromatic heterocycles. The maximum absolute atomic E-state index is 13.3. The van der Waals surface area contributed by atoms with E-state index >= 15 is 0 Å². The summed E-state index contributed by atoms with van der Waals surface area (Å²) in [6.45, 7) is 2.05. The van der Waals surface area contributed by atoms with Gasteiger partial charge in [-0.2, -0.15) is 0 Å². The van der Waals surface area contributed by atoms with Crippen molar-refractivity contribution in [2.24, 2.45) is 5.92 Å². The van der Waals surface area contributed by atoms with Gasteiger partial charge in [0.15, 0.2) is 10.8 Å². The summed E-state index contributed by atoms with van der Waals surface area (Å²) in [5.74, 6) is -0.235. The smallest absolute Gasteiger partial charge is 0.357 e. The number of ether oxygens (including phenoxy) is 1. The van der Waals surface area contributed by atoms with Crippen LogP contribution in [0.4, 0.5) is 5.13 Å². The van der Waals surface area contributed by atoms with E-state index in [2.05, 4.69) is 46.7 Å². The highest BCUT2D eigenvalue weighted by Crippen LogP contribution is 2.35. The molecule has 1 fully saturated rings. The molecular weight excluding hydrogens is 420 g/mol. The van der Waals surface area contributed by atoms with E-state index in [-0.39, 0.29) is 17.5 Å². The molecule has 6 heteroatoms. The molecule has 3 aromatic rings. The zero-order chi connectivity index (χ0) is 22.3. The first-order valence-corrected chi connectivity index (χ1v) is 12.1. The number of esters is 1. The molecule has 1 unspecified atom stereocenters. The first kappa shape index (κ1) is 22.2. The second kappa shape index (κ2) is 10.6. The van der Waals surface area contributed by atoms with Crippen LogP contribution in [0.15, 0.2) is 60.0 Å². The van der Waals surface area contributed by atoms with Gasteiger partial charge >= 0.3 is 5.97 Å². The second-order valence-electron chi connectivity index (χ2n) is 8.17. The number of rotatable bonds is 8. The molecule has 1 amide bonds. The van der Waals surface area contributed by atoms with Gasteiger partial charge in [-0.1, -0.05) is 80.3 Å². The number of carbonyl (C=O) groups is 2. The average Bonchev–Trinajstić information content (AvgIpc) is 3.51. The number of hydrogen-bond acceptors (Lipinski definition) is 5. The van der Waals surface area contributed by atoms with Crippen molar-refractivity contribution < 1.29 is 14.3 Å². The van der Waals surface area contributed by atoms with Gasteiger partial charge in [0.2, 0.25) is 5.91 Å². The van der Waals surface area contributed by atoms with Gasteiger partial charge in [-0.3, -0.25) is 4.79 Å². The van der Waals surface area contributed by atoms with Crippen molar-refractivity contribution in [3.63, 3.8) is 0 Å². The van der Waals surface area contributed by atoms with Crippen LogP contribution in [0, 0.1) is 5.92 Å². The third-order valence-corrected chi connectivity index (χ3v) is 6.76. The summed E-state index contributed by atoms with van der Waals surface area (Å²) in [7, 11) is 0. The number of anilines is 1. The molecule has 1 heterocycles. The fraction of sp³-hybridized carbons (Fsp3) is 0.346. The lowest BCUT2D eigenvalue weighted by Gasteiger charge is -2.20. The summed E-state index contributed by atoms with van der Waals surface area (Å²) >= 11 is 1.24. The maximum atomic E-state index is 13.3. The van der Waals surface area contributed by atoms with Crippen LogP contribution >= 0.6 is 11.3 Å². The summed E-state index contributed by atoms with van der Waals surface area (Å²) in [5, 5.41) is 4.98. The first-order valence-electron chi connectivity index (χ1n) is 11.2. The zero-order valence-corrected chi connectivity index (χ0v) is 19.1. The number of benzene rings is 2. The van der Waals surface area contributed by atoms with Gasteiger partial charge < -0.3 is 10.1 Å². The Morgan fingerprint density at radius 3 is 2.44 bits per heavy atom. The summed E-state index contributed by atoms with van der Waals surface area (Å²) in [6.07, 6.45) is 5.65. The lowest BCUT2D eigenvalue weighted by molar-refractivity contribution is -0.118. The Kier molecular flexibility index (Phi) is 7.32. The monoisotopic (exact) mass is 448 g/mol. The maximum Gasteiger partial charge on any atom is 0.357 e. The summed E-state index contributed by atoms with van der Waals surface area (Å²) in [4.78, 5) is 29.4. The topological polar surface area (TPSA) is 68.3 Å². The normalized spacial score (nSPS) is 14.8. The van der Waals surface area contributed by atoms with Crippen molar-refractivity contribution in [1.29, 1.82) is 0 Å². The number of nitrogens with one attached hydrogen (secondary N) is 1. The lowest BCUT2D eigenvalue weighted by Crippen LogP contribution is -2.23.